The van der Waals surface area contributed by atoms with Gasteiger partial charge in [0, 0.05) is 26.5 Å². The lowest BCUT2D eigenvalue weighted by atomic mass is 10.2. The Bertz CT molecular complexity index is 981. The Hall–Kier alpha value is -1.47. The van der Waals surface area contributed by atoms with Crippen LogP contribution in [-0.4, -0.2) is 42.3 Å². The van der Waals surface area contributed by atoms with Crippen LogP contribution >= 0.6 is 27.0 Å². The smallest absolute Gasteiger partial charge is 0.481 e. The first-order valence-electron chi connectivity index (χ1n) is 8.18. The SMILES string of the molecule is CC(=O)O.Cc1ncc(C[n+]2csc(CCOP(=O)(O)OP(=O)(O)O)c2C)c(N)n1.[Cl-]. The summed E-state index contributed by atoms with van der Waals surface area (Å²) >= 11 is 1.40. The number of carboxylic acids is 1. The Morgan fingerprint density at radius 1 is 1.29 bits per heavy atom. The quantitative estimate of drug-likeness (QED) is 0.188. The lowest BCUT2D eigenvalue weighted by Gasteiger charge is -2.11. The van der Waals surface area contributed by atoms with Crippen LogP contribution in [-0.2, 0) is 35.7 Å². The van der Waals surface area contributed by atoms with Crippen LogP contribution in [0.3, 0.4) is 0 Å². The molecular formula is C14H23ClN4O9P2S. The maximum Gasteiger partial charge on any atom is 0.481 e. The predicted molar refractivity (Wildman–Crippen MR) is 105 cm³/mol. The number of nitrogen functional groups attached to an aromatic ring is 1. The molecule has 0 spiro atoms. The zero-order valence-corrected chi connectivity index (χ0v) is 20.1. The third-order valence-electron chi connectivity index (χ3n) is 3.31. The van der Waals surface area contributed by atoms with Crippen molar-refractivity contribution in [3.63, 3.8) is 0 Å². The highest BCUT2D eigenvalue weighted by Gasteiger charge is 2.32. The molecule has 0 bridgehead atoms. The minimum Gasteiger partial charge on any atom is -1.00 e. The average molecular weight is 521 g/mol. The molecule has 0 saturated heterocycles. The Labute approximate surface area is 188 Å². The number of rotatable bonds is 8. The van der Waals surface area contributed by atoms with E-state index in [0.29, 0.717) is 18.2 Å². The summed E-state index contributed by atoms with van der Waals surface area (Å²) in [7, 11) is -9.94. The fourth-order valence-corrected chi connectivity index (χ4v) is 4.64. The number of aromatic nitrogens is 3. The molecule has 2 heterocycles. The molecule has 0 amide bonds. The Balaban J connectivity index is 0.00000165. The molecule has 31 heavy (non-hydrogen) atoms. The van der Waals surface area contributed by atoms with Crippen molar-refractivity contribution < 1.29 is 59.5 Å². The number of aliphatic carboxylic acids is 1. The first kappa shape index (κ1) is 29.5. The van der Waals surface area contributed by atoms with E-state index in [4.69, 9.17) is 25.4 Å². The summed E-state index contributed by atoms with van der Waals surface area (Å²) in [6, 6.07) is 0. The number of aryl methyl sites for hydroxylation is 1. The molecule has 0 aliphatic rings. The number of nitrogens with two attached hydrogens (primary N) is 1. The summed E-state index contributed by atoms with van der Waals surface area (Å²) in [5.74, 6) is 0.151. The maximum absolute atomic E-state index is 11.4. The van der Waals surface area contributed by atoms with E-state index in [0.717, 1.165) is 23.1 Å². The molecule has 17 heteroatoms. The molecule has 0 radical (unpaired) electrons. The van der Waals surface area contributed by atoms with Gasteiger partial charge < -0.3 is 37.9 Å². The molecule has 0 fully saturated rings. The lowest BCUT2D eigenvalue weighted by molar-refractivity contribution is -0.689. The van der Waals surface area contributed by atoms with E-state index in [1.807, 2.05) is 17.0 Å². The zero-order valence-electron chi connectivity index (χ0n) is 16.7. The summed E-state index contributed by atoms with van der Waals surface area (Å²) < 4.78 is 32.2. The summed E-state index contributed by atoms with van der Waals surface area (Å²) in [5, 5.41) is 7.42. The van der Waals surface area contributed by atoms with E-state index in [9.17, 15) is 14.0 Å². The zero-order chi connectivity index (χ0) is 23.1. The van der Waals surface area contributed by atoms with E-state index in [1.165, 1.54) is 11.3 Å². The van der Waals surface area contributed by atoms with Gasteiger partial charge in [-0.3, -0.25) is 9.32 Å². The van der Waals surface area contributed by atoms with Crippen molar-refractivity contribution >= 4 is 38.8 Å². The highest BCUT2D eigenvalue weighted by molar-refractivity contribution is 7.60. The van der Waals surface area contributed by atoms with Gasteiger partial charge in [0.25, 0.3) is 5.97 Å². The summed E-state index contributed by atoms with van der Waals surface area (Å²) in [5.41, 5.74) is 9.40. The average Bonchev–Trinajstić information content (AvgIpc) is 2.88. The van der Waals surface area contributed by atoms with Crippen molar-refractivity contribution in [3.05, 3.63) is 33.7 Å². The van der Waals surface area contributed by atoms with Gasteiger partial charge >= 0.3 is 15.6 Å². The summed E-state index contributed by atoms with van der Waals surface area (Å²) in [6.45, 7) is 4.92. The Morgan fingerprint density at radius 2 is 1.87 bits per heavy atom. The van der Waals surface area contributed by atoms with Crippen molar-refractivity contribution in [1.82, 2.24) is 9.97 Å². The molecule has 0 aliphatic carbocycles. The van der Waals surface area contributed by atoms with Crippen LogP contribution in [0.5, 0.6) is 0 Å². The Kier molecular flexibility index (Phi) is 11.9. The van der Waals surface area contributed by atoms with Crippen molar-refractivity contribution in [2.24, 2.45) is 0 Å². The summed E-state index contributed by atoms with van der Waals surface area (Å²) in [4.78, 5) is 44.4. The van der Waals surface area contributed by atoms with E-state index in [1.54, 1.807) is 13.1 Å². The third kappa shape index (κ3) is 11.6. The highest BCUT2D eigenvalue weighted by Crippen LogP contribution is 2.57. The molecule has 0 aliphatic heterocycles. The first-order valence-corrected chi connectivity index (χ1v) is 12.1. The van der Waals surface area contributed by atoms with Crippen molar-refractivity contribution in [3.8, 4) is 0 Å². The van der Waals surface area contributed by atoms with Gasteiger partial charge in [-0.15, -0.1) is 0 Å². The second-order valence-electron chi connectivity index (χ2n) is 5.83. The van der Waals surface area contributed by atoms with Gasteiger partial charge in [0.05, 0.1) is 17.0 Å². The highest BCUT2D eigenvalue weighted by atomic mass is 35.5. The van der Waals surface area contributed by atoms with E-state index < -0.39 is 21.6 Å². The standard InChI is InChI=1S/C12H18N4O7P2S.C2H4O2.ClH/c1-8-11(3-4-22-25(20,21)23-24(17,18)19)26-7-16(8)6-10-5-14-9(2)15-12(10)13;1-2(3)4;/h5,7H,3-4,6H2,1-2H3,(H4-,13,14,15,17,18,19,20,21);1H3,(H,3,4);1H. The number of nitrogens with zero attached hydrogens (tertiary/aromatic N) is 3. The van der Waals surface area contributed by atoms with Gasteiger partial charge in [0.1, 0.15) is 11.6 Å². The minimum atomic E-state index is -5.12. The van der Waals surface area contributed by atoms with Crippen LogP contribution in [0.1, 0.15) is 28.9 Å². The van der Waals surface area contributed by atoms with Gasteiger partial charge in [0.2, 0.25) is 5.51 Å². The fraction of sp³-hybridized carbons (Fsp3) is 0.429. The third-order valence-corrected chi connectivity index (χ3v) is 6.64. The predicted octanol–water partition coefficient (Wildman–Crippen LogP) is -2.06. The van der Waals surface area contributed by atoms with Crippen LogP contribution < -0.4 is 22.7 Å². The van der Waals surface area contributed by atoms with Crippen molar-refractivity contribution in [2.45, 2.75) is 33.7 Å². The number of thiazole rings is 1. The number of carboxylic acid groups (broad SMARTS) is 1. The number of anilines is 1. The van der Waals surface area contributed by atoms with Gasteiger partial charge in [-0.25, -0.2) is 19.1 Å². The number of phosphoric ester groups is 1. The van der Waals surface area contributed by atoms with E-state index in [2.05, 4.69) is 18.8 Å². The largest absolute Gasteiger partial charge is 1.00 e. The van der Waals surface area contributed by atoms with Gasteiger partial charge in [-0.2, -0.15) is 8.88 Å². The molecule has 13 nitrogen and oxygen atoms in total. The number of phosphoric acid groups is 2. The van der Waals surface area contributed by atoms with Crippen LogP contribution in [0.25, 0.3) is 0 Å². The number of hydrogen-bond donors (Lipinski definition) is 5. The monoisotopic (exact) mass is 520 g/mol. The van der Waals surface area contributed by atoms with Crippen molar-refractivity contribution in [2.75, 3.05) is 12.3 Å². The molecule has 176 valence electrons. The normalized spacial score (nSPS) is 12.8. The topological polar surface area (TPSA) is 206 Å². The number of halogens is 1. The molecule has 2 aromatic heterocycles. The molecule has 0 saturated carbocycles. The second-order valence-corrected chi connectivity index (χ2v) is 9.60. The molecule has 2 aromatic rings. The van der Waals surface area contributed by atoms with Gasteiger partial charge in [-0.1, -0.05) is 11.3 Å². The fourth-order valence-electron chi connectivity index (χ4n) is 2.08. The molecule has 6 N–H and O–H groups in total. The van der Waals surface area contributed by atoms with E-state index >= 15 is 0 Å². The lowest BCUT2D eigenvalue weighted by Crippen LogP contribution is -3.00. The van der Waals surface area contributed by atoms with Gasteiger partial charge in [-0.05, 0) is 6.92 Å². The molecule has 1 unspecified atom stereocenters. The first-order chi connectivity index (χ1) is 13.7. The van der Waals surface area contributed by atoms with Crippen LogP contribution in [0.15, 0.2) is 11.7 Å². The second kappa shape index (κ2) is 12.5. The molecule has 1 atom stereocenters. The molecule has 2 rings (SSSR count). The van der Waals surface area contributed by atoms with Crippen LogP contribution in [0, 0.1) is 13.8 Å². The van der Waals surface area contributed by atoms with Gasteiger partial charge in [0.15, 0.2) is 12.2 Å². The minimum absolute atomic E-state index is 0. The number of carbonyl (C=O) groups is 1. The summed E-state index contributed by atoms with van der Waals surface area (Å²) in [6.07, 6.45) is 1.92. The molecule has 0 aromatic carbocycles. The number of hydrogen-bond acceptors (Lipinski definition) is 9. The van der Waals surface area contributed by atoms with E-state index in [-0.39, 0.29) is 25.4 Å². The Morgan fingerprint density at radius 3 is 2.39 bits per heavy atom. The van der Waals surface area contributed by atoms with Crippen molar-refractivity contribution in [1.29, 1.82) is 0 Å². The van der Waals surface area contributed by atoms with Crippen LogP contribution in [0.4, 0.5) is 5.82 Å². The molecular weight excluding hydrogens is 498 g/mol. The maximum atomic E-state index is 11.4. The van der Waals surface area contributed by atoms with Crippen LogP contribution in [0.2, 0.25) is 0 Å².